The Bertz CT molecular complexity index is 191. The van der Waals surface area contributed by atoms with Crippen LogP contribution in [0.2, 0.25) is 0 Å². The number of hydrogen-bond donors (Lipinski definition) is 2. The van der Waals surface area contributed by atoms with Gasteiger partial charge >= 0.3 is 0 Å². The molecule has 0 spiro atoms. The summed E-state index contributed by atoms with van der Waals surface area (Å²) in [4.78, 5) is 6.42. The molecule has 0 aromatic heterocycles. The van der Waals surface area contributed by atoms with E-state index in [0.29, 0.717) is 12.6 Å². The average molecular weight is 200 g/mol. The molecule has 1 aliphatic rings. The van der Waals surface area contributed by atoms with E-state index in [1.54, 1.807) is 0 Å². The number of nitrogens with two attached hydrogens (primary N) is 1. The lowest BCUT2D eigenvalue weighted by atomic mass is 10.6. The lowest BCUT2D eigenvalue weighted by Crippen LogP contribution is -2.44. The maximum atomic E-state index is 5.39. The molecular weight excluding hydrogens is 180 g/mol. The minimum absolute atomic E-state index is 0.482. The first-order chi connectivity index (χ1) is 6.77. The van der Waals surface area contributed by atoms with E-state index in [9.17, 15) is 0 Å². The van der Waals surface area contributed by atoms with Crippen LogP contribution in [0.1, 0.15) is 19.8 Å². The predicted octanol–water partition coefficient (Wildman–Crippen LogP) is -0.0636. The molecule has 0 amide bonds. The summed E-state index contributed by atoms with van der Waals surface area (Å²) in [5.74, 6) is 6.15. The molecule has 3 N–H and O–H groups in total. The van der Waals surface area contributed by atoms with E-state index in [2.05, 4.69) is 10.4 Å². The number of ether oxygens (including phenoxy) is 1. The maximum Gasteiger partial charge on any atom is 0.208 e. The van der Waals surface area contributed by atoms with Crippen molar-refractivity contribution >= 4 is 5.96 Å². The monoisotopic (exact) mass is 200 g/mol. The molecule has 0 aromatic rings. The first-order valence-electron chi connectivity index (χ1n) is 5.11. The van der Waals surface area contributed by atoms with E-state index >= 15 is 0 Å². The zero-order chi connectivity index (χ0) is 10.4. The van der Waals surface area contributed by atoms with Crippen molar-refractivity contribution in [3.63, 3.8) is 0 Å². The van der Waals surface area contributed by atoms with Gasteiger partial charge in [0.2, 0.25) is 5.96 Å². The van der Waals surface area contributed by atoms with Crippen molar-refractivity contribution in [2.75, 3.05) is 26.8 Å². The Morgan fingerprint density at radius 2 is 2.36 bits per heavy atom. The number of hydrazine groups is 1. The van der Waals surface area contributed by atoms with Crippen molar-refractivity contribution < 1.29 is 4.74 Å². The third-order valence-electron chi connectivity index (χ3n) is 2.12. The number of rotatable bonds is 5. The summed E-state index contributed by atoms with van der Waals surface area (Å²) < 4.78 is 5.25. The van der Waals surface area contributed by atoms with E-state index in [1.165, 1.54) is 12.8 Å². The van der Waals surface area contributed by atoms with Crippen LogP contribution in [0.3, 0.4) is 0 Å². The van der Waals surface area contributed by atoms with Gasteiger partial charge in [-0.2, -0.15) is 0 Å². The van der Waals surface area contributed by atoms with E-state index in [0.717, 1.165) is 19.1 Å². The van der Waals surface area contributed by atoms with Gasteiger partial charge in [0, 0.05) is 20.2 Å². The molecule has 1 rings (SSSR count). The van der Waals surface area contributed by atoms with Gasteiger partial charge in [0.05, 0.1) is 12.6 Å². The number of hydrogen-bond acceptors (Lipinski definition) is 3. The van der Waals surface area contributed by atoms with Crippen molar-refractivity contribution in [3.05, 3.63) is 0 Å². The van der Waals surface area contributed by atoms with Crippen LogP contribution in [0.4, 0.5) is 0 Å². The third-order valence-corrected chi connectivity index (χ3v) is 2.12. The molecular formula is C9H20N4O. The van der Waals surface area contributed by atoms with Crippen LogP contribution in [0, 0.1) is 0 Å². The first kappa shape index (κ1) is 11.3. The number of guanidine groups is 1. The average Bonchev–Trinajstić information content (AvgIpc) is 2.98. The van der Waals surface area contributed by atoms with Crippen molar-refractivity contribution in [1.29, 1.82) is 0 Å². The zero-order valence-electron chi connectivity index (χ0n) is 8.99. The van der Waals surface area contributed by atoms with Gasteiger partial charge in [0.1, 0.15) is 0 Å². The summed E-state index contributed by atoms with van der Waals surface area (Å²) >= 11 is 0. The van der Waals surface area contributed by atoms with E-state index < -0.39 is 0 Å². The number of nitrogens with one attached hydrogen (secondary N) is 1. The van der Waals surface area contributed by atoms with Gasteiger partial charge in [0.25, 0.3) is 0 Å². The molecule has 14 heavy (non-hydrogen) atoms. The van der Waals surface area contributed by atoms with Gasteiger partial charge in [-0.15, -0.1) is 0 Å². The van der Waals surface area contributed by atoms with Gasteiger partial charge in [-0.3, -0.25) is 5.43 Å². The summed E-state index contributed by atoms with van der Waals surface area (Å²) in [5.41, 5.74) is 2.62. The second kappa shape index (κ2) is 5.82. The molecule has 0 unspecified atom stereocenters. The Kier molecular flexibility index (Phi) is 4.69. The van der Waals surface area contributed by atoms with Crippen molar-refractivity contribution in [2.45, 2.75) is 25.8 Å². The highest BCUT2D eigenvalue weighted by Crippen LogP contribution is 2.23. The van der Waals surface area contributed by atoms with Crippen molar-refractivity contribution in [1.82, 2.24) is 10.3 Å². The molecule has 0 aliphatic heterocycles. The zero-order valence-corrected chi connectivity index (χ0v) is 8.99. The second-order valence-electron chi connectivity index (χ2n) is 3.45. The number of aliphatic imine (C=N–C) groups is 1. The molecule has 0 saturated heterocycles. The molecule has 0 radical (unpaired) electrons. The largest absolute Gasteiger partial charge is 0.380 e. The van der Waals surface area contributed by atoms with Gasteiger partial charge in [-0.25, -0.2) is 10.8 Å². The smallest absolute Gasteiger partial charge is 0.208 e. The fourth-order valence-electron chi connectivity index (χ4n) is 1.07. The Balaban J connectivity index is 2.27. The molecule has 0 heterocycles. The molecule has 82 valence electrons. The fraction of sp³-hybridized carbons (Fsp3) is 0.889. The Morgan fingerprint density at radius 1 is 1.64 bits per heavy atom. The van der Waals surface area contributed by atoms with E-state index in [4.69, 9.17) is 10.6 Å². The molecule has 5 heteroatoms. The Morgan fingerprint density at radius 3 is 2.86 bits per heavy atom. The Hall–Kier alpha value is -0.810. The standard InChI is InChI=1S/C9H20N4O/c1-3-14-7-6-13(2)9(12-10)11-8-4-5-8/h8H,3-7,10H2,1-2H3,(H,11,12). The third kappa shape index (κ3) is 3.93. The first-order valence-corrected chi connectivity index (χ1v) is 5.11. The summed E-state index contributed by atoms with van der Waals surface area (Å²) in [6, 6.07) is 0.482. The Labute approximate surface area is 85.3 Å². The fourth-order valence-corrected chi connectivity index (χ4v) is 1.07. The molecule has 0 aromatic carbocycles. The molecule has 1 fully saturated rings. The van der Waals surface area contributed by atoms with Crippen LogP contribution in [-0.2, 0) is 4.74 Å². The second-order valence-corrected chi connectivity index (χ2v) is 3.45. The summed E-state index contributed by atoms with van der Waals surface area (Å²) in [6.07, 6.45) is 2.37. The molecule has 5 nitrogen and oxygen atoms in total. The van der Waals surface area contributed by atoms with Crippen LogP contribution >= 0.6 is 0 Å². The van der Waals surface area contributed by atoms with Crippen molar-refractivity contribution in [3.8, 4) is 0 Å². The van der Waals surface area contributed by atoms with Crippen LogP contribution in [0.25, 0.3) is 0 Å². The topological polar surface area (TPSA) is 62.9 Å². The minimum Gasteiger partial charge on any atom is -0.380 e. The summed E-state index contributed by atoms with van der Waals surface area (Å²) in [5, 5.41) is 0. The van der Waals surface area contributed by atoms with Crippen LogP contribution in [0.5, 0.6) is 0 Å². The summed E-state index contributed by atoms with van der Waals surface area (Å²) in [6.45, 7) is 4.25. The van der Waals surface area contributed by atoms with Crippen molar-refractivity contribution in [2.24, 2.45) is 10.8 Å². The lowest BCUT2D eigenvalue weighted by Gasteiger charge is -2.20. The minimum atomic E-state index is 0.482. The number of likely N-dealkylation sites (N-methyl/N-ethyl adjacent to an activating group) is 1. The molecule has 1 saturated carbocycles. The van der Waals surface area contributed by atoms with Gasteiger partial charge in [-0.05, 0) is 19.8 Å². The van der Waals surface area contributed by atoms with E-state index in [-0.39, 0.29) is 0 Å². The van der Waals surface area contributed by atoms with Gasteiger partial charge in [0.15, 0.2) is 0 Å². The lowest BCUT2D eigenvalue weighted by molar-refractivity contribution is 0.136. The van der Waals surface area contributed by atoms with Gasteiger partial charge < -0.3 is 9.64 Å². The van der Waals surface area contributed by atoms with Gasteiger partial charge in [-0.1, -0.05) is 0 Å². The highest BCUT2D eigenvalue weighted by Gasteiger charge is 2.21. The van der Waals surface area contributed by atoms with Crippen LogP contribution < -0.4 is 11.3 Å². The highest BCUT2D eigenvalue weighted by molar-refractivity contribution is 5.79. The summed E-state index contributed by atoms with van der Waals surface area (Å²) in [7, 11) is 1.96. The van der Waals surface area contributed by atoms with E-state index in [1.807, 2.05) is 18.9 Å². The molecule has 0 bridgehead atoms. The predicted molar refractivity (Wildman–Crippen MR) is 56.9 cm³/mol. The normalized spacial score (nSPS) is 16.9. The quantitative estimate of drug-likeness (QED) is 0.214. The van der Waals surface area contributed by atoms with Crippen LogP contribution in [0.15, 0.2) is 4.99 Å². The SMILES string of the molecule is CCOCCN(C)C(=NC1CC1)NN. The number of nitrogens with zero attached hydrogens (tertiary/aromatic N) is 2. The van der Waals surface area contributed by atoms with Crippen LogP contribution in [-0.4, -0.2) is 43.7 Å². The molecule has 1 aliphatic carbocycles. The maximum absolute atomic E-state index is 5.39. The highest BCUT2D eigenvalue weighted by atomic mass is 16.5. The molecule has 0 atom stereocenters.